The van der Waals surface area contributed by atoms with Crippen molar-refractivity contribution >= 4 is 28.8 Å². The number of amides is 2. The molecule has 38 heavy (non-hydrogen) atoms. The van der Waals surface area contributed by atoms with E-state index in [2.05, 4.69) is 10.3 Å². The molecule has 0 saturated heterocycles. The van der Waals surface area contributed by atoms with Crippen LogP contribution in [0.3, 0.4) is 0 Å². The Morgan fingerprint density at radius 1 is 1.13 bits per heavy atom. The van der Waals surface area contributed by atoms with E-state index < -0.39 is 0 Å². The molecule has 2 aliphatic heterocycles. The minimum absolute atomic E-state index is 0.0144. The van der Waals surface area contributed by atoms with Crippen molar-refractivity contribution in [1.82, 2.24) is 9.88 Å². The number of aryl methyl sites for hydroxylation is 1. The lowest BCUT2D eigenvalue weighted by Gasteiger charge is -2.35. The van der Waals surface area contributed by atoms with Gasteiger partial charge in [-0.3, -0.25) is 14.6 Å². The zero-order chi connectivity index (χ0) is 26.8. The number of nitrogens with zero attached hydrogens (tertiary/aromatic N) is 2. The first-order valence-corrected chi connectivity index (χ1v) is 13.3. The molecule has 3 N–H and O–H groups in total. The average Bonchev–Trinajstić information content (AvgIpc) is 2.91. The minimum Gasteiger partial charge on any atom is -0.398 e. The molecule has 1 aromatic heterocycles. The van der Waals surface area contributed by atoms with Gasteiger partial charge in [0.2, 0.25) is 11.8 Å². The second kappa shape index (κ2) is 10.8. The number of nitrogen functional groups attached to an aromatic ring is 1. The molecule has 2 aliphatic rings. The molecular weight excluding hydrogens is 479 g/mol. The molecule has 2 bridgehead atoms. The summed E-state index contributed by atoms with van der Waals surface area (Å²) in [6, 6.07) is 14.8. The Hall–Kier alpha value is -4.00. The Balaban J connectivity index is 1.52. The van der Waals surface area contributed by atoms with Crippen LogP contribution in [0.25, 0.3) is 16.7 Å². The summed E-state index contributed by atoms with van der Waals surface area (Å²) in [5.74, 6) is -0.706. The summed E-state index contributed by atoms with van der Waals surface area (Å²) < 4.78 is 15.2. The Bertz CT molecular complexity index is 1420. The number of nitrogens with two attached hydrogens (primary N) is 1. The molecule has 0 radical (unpaired) electrons. The quantitative estimate of drug-likeness (QED) is 0.412. The molecule has 3 heterocycles. The Morgan fingerprint density at radius 3 is 2.74 bits per heavy atom. The van der Waals surface area contributed by atoms with Crippen LogP contribution < -0.4 is 11.1 Å². The fourth-order valence-electron chi connectivity index (χ4n) is 5.51. The summed E-state index contributed by atoms with van der Waals surface area (Å²) in [5, 5.41) is 3.08. The number of pyridine rings is 1. The van der Waals surface area contributed by atoms with Crippen LogP contribution in [0.5, 0.6) is 0 Å². The first-order valence-electron chi connectivity index (χ1n) is 13.3. The van der Waals surface area contributed by atoms with Gasteiger partial charge in [-0.05, 0) is 66.6 Å². The van der Waals surface area contributed by atoms with E-state index in [4.69, 9.17) is 5.73 Å². The lowest BCUT2D eigenvalue weighted by Crippen LogP contribution is -2.38. The number of hydrogen-bond acceptors (Lipinski definition) is 4. The molecule has 0 unspecified atom stereocenters. The molecule has 7 heteroatoms. The highest BCUT2D eigenvalue weighted by atomic mass is 19.1. The highest BCUT2D eigenvalue weighted by Gasteiger charge is 2.31. The van der Waals surface area contributed by atoms with Crippen LogP contribution in [0, 0.1) is 11.7 Å². The van der Waals surface area contributed by atoms with E-state index in [1.165, 1.54) is 6.08 Å². The summed E-state index contributed by atoms with van der Waals surface area (Å²) in [6.07, 6.45) is 6.46. The second-order valence-corrected chi connectivity index (χ2v) is 10.2. The summed E-state index contributed by atoms with van der Waals surface area (Å²) in [4.78, 5) is 32.9. The molecule has 196 valence electrons. The number of nitrogens with one attached hydrogen (secondary N) is 1. The summed E-state index contributed by atoms with van der Waals surface area (Å²) >= 11 is 0. The monoisotopic (exact) mass is 512 g/mol. The van der Waals surface area contributed by atoms with Gasteiger partial charge in [-0.15, -0.1) is 0 Å². The van der Waals surface area contributed by atoms with Gasteiger partial charge < -0.3 is 16.0 Å². The highest BCUT2D eigenvalue weighted by molar-refractivity contribution is 5.99. The van der Waals surface area contributed by atoms with Gasteiger partial charge in [0.1, 0.15) is 5.82 Å². The number of fused-ring (bicyclic) bond motifs is 4. The lowest BCUT2D eigenvalue weighted by molar-refractivity contribution is -0.129. The highest BCUT2D eigenvalue weighted by Crippen LogP contribution is 2.37. The number of carbonyl (C=O) groups excluding carboxylic acids is 2. The second-order valence-electron chi connectivity index (χ2n) is 10.2. The van der Waals surface area contributed by atoms with Crippen molar-refractivity contribution in [2.24, 2.45) is 5.92 Å². The fraction of sp³-hybridized carbons (Fsp3) is 0.323. The zero-order valence-electron chi connectivity index (χ0n) is 21.8. The summed E-state index contributed by atoms with van der Waals surface area (Å²) in [7, 11) is 0. The van der Waals surface area contributed by atoms with E-state index >= 15 is 4.39 Å². The normalized spacial score (nSPS) is 20.1. The van der Waals surface area contributed by atoms with Crippen molar-refractivity contribution in [3.8, 4) is 11.1 Å². The van der Waals surface area contributed by atoms with Gasteiger partial charge in [-0.2, -0.15) is 0 Å². The fourth-order valence-corrected chi connectivity index (χ4v) is 5.51. The van der Waals surface area contributed by atoms with Crippen molar-refractivity contribution < 1.29 is 14.0 Å². The number of halogens is 1. The Labute approximate surface area is 222 Å². The zero-order valence-corrected chi connectivity index (χ0v) is 21.8. The first kappa shape index (κ1) is 25.6. The van der Waals surface area contributed by atoms with Gasteiger partial charge in [-0.1, -0.05) is 44.5 Å². The van der Waals surface area contributed by atoms with E-state index in [-0.39, 0.29) is 29.6 Å². The van der Waals surface area contributed by atoms with Crippen molar-refractivity contribution in [3.63, 3.8) is 0 Å². The summed E-state index contributed by atoms with van der Waals surface area (Å²) in [5.41, 5.74) is 11.5. The molecule has 2 aromatic carbocycles. The van der Waals surface area contributed by atoms with E-state index in [1.807, 2.05) is 55.1 Å². The number of hydrogen-bond donors (Lipinski definition) is 2. The topological polar surface area (TPSA) is 88.3 Å². The number of para-hydroxylation sites is 1. The van der Waals surface area contributed by atoms with Crippen LogP contribution in [0.15, 0.2) is 60.8 Å². The number of carbonyl (C=O) groups is 2. The Kier molecular flexibility index (Phi) is 7.27. The van der Waals surface area contributed by atoms with Crippen LogP contribution >= 0.6 is 0 Å². The molecule has 5 rings (SSSR count). The van der Waals surface area contributed by atoms with Gasteiger partial charge >= 0.3 is 0 Å². The predicted octanol–water partition coefficient (Wildman–Crippen LogP) is 6.15. The number of rotatable bonds is 3. The van der Waals surface area contributed by atoms with Gasteiger partial charge in [0, 0.05) is 47.2 Å². The number of aromatic nitrogens is 1. The average molecular weight is 513 g/mol. The third-order valence-electron chi connectivity index (χ3n) is 7.72. The van der Waals surface area contributed by atoms with Crippen molar-refractivity contribution in [2.75, 3.05) is 17.6 Å². The number of anilines is 2. The van der Waals surface area contributed by atoms with Crippen LogP contribution in [-0.2, 0) is 16.0 Å². The predicted molar refractivity (Wildman–Crippen MR) is 149 cm³/mol. The molecule has 3 aromatic rings. The molecule has 0 aliphatic carbocycles. The molecule has 0 fully saturated rings. The van der Waals surface area contributed by atoms with Crippen LogP contribution in [0.1, 0.15) is 62.4 Å². The first-order chi connectivity index (χ1) is 18.4. The maximum Gasteiger partial charge on any atom is 0.247 e. The van der Waals surface area contributed by atoms with Gasteiger partial charge in [0.15, 0.2) is 0 Å². The van der Waals surface area contributed by atoms with E-state index in [9.17, 15) is 9.59 Å². The standard InChI is InChI=1S/C31H33FN4O2/c1-3-20-11-12-24(33)29(30(20)32)22-14-16-36(28(37)18-22)27-10-6-7-19(2)31(38)35-25-9-5-4-8-23(25)21-13-15-34-26(27)17-21/h4-5,8-9,11-13,15,17-19,27H,3,6-7,10,14,16,33H2,1-2H3,(H,35,38)/t19-,27+/m1/s1. The molecule has 2 amide bonds. The SMILES string of the molecule is CCc1ccc(N)c(C2=CC(=O)N([C@H]3CCC[C@@H](C)C(=O)Nc4ccccc4-c4ccnc3c4)CC2)c1F. The van der Waals surface area contributed by atoms with Crippen LogP contribution in [-0.4, -0.2) is 28.2 Å². The van der Waals surface area contributed by atoms with E-state index in [0.717, 1.165) is 28.9 Å². The molecule has 0 spiro atoms. The molecule has 6 nitrogen and oxygen atoms in total. The minimum atomic E-state index is -0.341. The van der Waals surface area contributed by atoms with E-state index in [1.54, 1.807) is 18.3 Å². The third kappa shape index (κ3) is 4.93. The smallest absolute Gasteiger partial charge is 0.247 e. The van der Waals surface area contributed by atoms with Gasteiger partial charge in [0.25, 0.3) is 0 Å². The maximum atomic E-state index is 15.2. The van der Waals surface area contributed by atoms with E-state index in [0.29, 0.717) is 54.6 Å². The number of benzene rings is 2. The van der Waals surface area contributed by atoms with Crippen molar-refractivity contribution in [2.45, 2.75) is 52.0 Å². The molecule has 2 atom stereocenters. The van der Waals surface area contributed by atoms with Crippen LogP contribution in [0.4, 0.5) is 15.8 Å². The molecule has 0 saturated carbocycles. The van der Waals surface area contributed by atoms with Crippen LogP contribution in [0.2, 0.25) is 0 Å². The van der Waals surface area contributed by atoms with Gasteiger partial charge in [-0.25, -0.2) is 4.39 Å². The van der Waals surface area contributed by atoms with Crippen molar-refractivity contribution in [3.05, 3.63) is 83.4 Å². The van der Waals surface area contributed by atoms with Gasteiger partial charge in [0.05, 0.1) is 11.7 Å². The maximum absolute atomic E-state index is 15.2. The largest absolute Gasteiger partial charge is 0.398 e. The third-order valence-corrected chi connectivity index (χ3v) is 7.72. The molecular formula is C31H33FN4O2. The van der Waals surface area contributed by atoms with Crippen molar-refractivity contribution in [1.29, 1.82) is 0 Å². The Morgan fingerprint density at radius 2 is 1.95 bits per heavy atom. The lowest BCUT2D eigenvalue weighted by atomic mass is 9.91. The summed E-state index contributed by atoms with van der Waals surface area (Å²) in [6.45, 7) is 4.26.